The Morgan fingerprint density at radius 3 is 2.00 bits per heavy atom. The molecule has 0 N–H and O–H groups in total. The smallest absolute Gasteiger partial charge is 0.243 e. The lowest BCUT2D eigenvalue weighted by Crippen LogP contribution is -2.48. The molecule has 2 aromatic carbocycles. The van der Waals surface area contributed by atoms with Crippen molar-refractivity contribution in [2.24, 2.45) is 0 Å². The van der Waals surface area contributed by atoms with Gasteiger partial charge in [0.1, 0.15) is 0 Å². The third-order valence-corrected chi connectivity index (χ3v) is 6.41. The standard InChI is InChI=1S/C19H24N2O2S/c22-24(23,19-11-5-2-6-12-19)21-16-14-20(15-17-21)13-7-10-18-8-3-1-4-9-18/h1-6,8-9,11-12H,7,10,13-17H2. The summed E-state index contributed by atoms with van der Waals surface area (Å²) in [6, 6.07) is 19.2. The van der Waals surface area contributed by atoms with Crippen LogP contribution in [0.4, 0.5) is 0 Å². The minimum atomic E-state index is -3.34. The Kier molecular flexibility index (Phi) is 5.66. The molecule has 0 amide bonds. The first kappa shape index (κ1) is 17.1. The third-order valence-electron chi connectivity index (χ3n) is 4.49. The Hall–Kier alpha value is -1.69. The summed E-state index contributed by atoms with van der Waals surface area (Å²) >= 11 is 0. The summed E-state index contributed by atoms with van der Waals surface area (Å²) in [5.74, 6) is 0. The number of aryl methyl sites for hydroxylation is 1. The van der Waals surface area contributed by atoms with Crippen LogP contribution in [0.15, 0.2) is 65.6 Å². The third kappa shape index (κ3) is 4.23. The van der Waals surface area contributed by atoms with Gasteiger partial charge in [0.2, 0.25) is 10.0 Å². The minimum Gasteiger partial charge on any atom is -0.301 e. The second-order valence-electron chi connectivity index (χ2n) is 6.15. The molecule has 1 heterocycles. The normalized spacial score (nSPS) is 17.0. The van der Waals surface area contributed by atoms with Gasteiger partial charge < -0.3 is 4.90 Å². The van der Waals surface area contributed by atoms with Crippen LogP contribution in [0.2, 0.25) is 0 Å². The van der Waals surface area contributed by atoms with Crippen molar-refractivity contribution in [3.63, 3.8) is 0 Å². The molecule has 1 saturated heterocycles. The first-order valence-corrected chi connectivity index (χ1v) is 9.92. The van der Waals surface area contributed by atoms with E-state index in [4.69, 9.17) is 0 Å². The predicted molar refractivity (Wildman–Crippen MR) is 96.4 cm³/mol. The molecule has 0 aliphatic carbocycles. The van der Waals surface area contributed by atoms with Crippen LogP contribution in [0.25, 0.3) is 0 Å². The number of piperazine rings is 1. The van der Waals surface area contributed by atoms with E-state index in [-0.39, 0.29) is 0 Å². The molecule has 1 aliphatic heterocycles. The van der Waals surface area contributed by atoms with Gasteiger partial charge in [-0.15, -0.1) is 0 Å². The maximum absolute atomic E-state index is 12.6. The molecular formula is C19H24N2O2S. The highest BCUT2D eigenvalue weighted by Crippen LogP contribution is 2.17. The summed E-state index contributed by atoms with van der Waals surface area (Å²) in [4.78, 5) is 2.75. The fourth-order valence-electron chi connectivity index (χ4n) is 3.09. The molecule has 1 fully saturated rings. The van der Waals surface area contributed by atoms with E-state index in [9.17, 15) is 8.42 Å². The molecule has 0 radical (unpaired) electrons. The van der Waals surface area contributed by atoms with E-state index < -0.39 is 10.0 Å². The second kappa shape index (κ2) is 7.92. The van der Waals surface area contributed by atoms with Crippen LogP contribution < -0.4 is 0 Å². The Bertz CT molecular complexity index is 724. The molecule has 3 rings (SSSR count). The summed E-state index contributed by atoms with van der Waals surface area (Å²) in [6.07, 6.45) is 2.18. The van der Waals surface area contributed by atoms with Crippen LogP contribution >= 0.6 is 0 Å². The monoisotopic (exact) mass is 344 g/mol. The molecule has 0 spiro atoms. The van der Waals surface area contributed by atoms with Gasteiger partial charge in [-0.05, 0) is 37.1 Å². The lowest BCUT2D eigenvalue weighted by Gasteiger charge is -2.34. The lowest BCUT2D eigenvalue weighted by atomic mass is 10.1. The van der Waals surface area contributed by atoms with Crippen molar-refractivity contribution in [3.05, 3.63) is 66.2 Å². The van der Waals surface area contributed by atoms with Crippen LogP contribution in [0.1, 0.15) is 12.0 Å². The van der Waals surface area contributed by atoms with Crippen molar-refractivity contribution < 1.29 is 8.42 Å². The molecule has 0 unspecified atom stereocenters. The van der Waals surface area contributed by atoms with Gasteiger partial charge in [0.05, 0.1) is 4.90 Å². The van der Waals surface area contributed by atoms with Gasteiger partial charge in [-0.2, -0.15) is 4.31 Å². The number of hydrogen-bond acceptors (Lipinski definition) is 3. The molecule has 2 aromatic rings. The molecule has 0 bridgehead atoms. The predicted octanol–water partition coefficient (Wildman–Crippen LogP) is 2.63. The summed E-state index contributed by atoms with van der Waals surface area (Å²) in [5.41, 5.74) is 1.36. The summed E-state index contributed by atoms with van der Waals surface area (Å²) in [5, 5.41) is 0. The van der Waals surface area contributed by atoms with Crippen molar-refractivity contribution in [1.29, 1.82) is 0 Å². The van der Waals surface area contributed by atoms with E-state index in [1.807, 2.05) is 12.1 Å². The molecule has 5 heteroatoms. The van der Waals surface area contributed by atoms with Crippen LogP contribution in [0.3, 0.4) is 0 Å². The van der Waals surface area contributed by atoms with Gasteiger partial charge in [-0.1, -0.05) is 48.5 Å². The highest BCUT2D eigenvalue weighted by Gasteiger charge is 2.27. The van der Waals surface area contributed by atoms with Gasteiger partial charge >= 0.3 is 0 Å². The van der Waals surface area contributed by atoms with Crippen LogP contribution in [0, 0.1) is 0 Å². The van der Waals surface area contributed by atoms with Crippen LogP contribution in [0.5, 0.6) is 0 Å². The zero-order valence-corrected chi connectivity index (χ0v) is 14.7. The highest BCUT2D eigenvalue weighted by molar-refractivity contribution is 7.89. The number of hydrogen-bond donors (Lipinski definition) is 0. The molecule has 4 nitrogen and oxygen atoms in total. The maximum atomic E-state index is 12.6. The first-order chi connectivity index (χ1) is 11.7. The SMILES string of the molecule is O=S(=O)(c1ccccc1)N1CCN(CCCc2ccccc2)CC1. The quantitative estimate of drug-likeness (QED) is 0.809. The second-order valence-corrected chi connectivity index (χ2v) is 8.09. The first-order valence-electron chi connectivity index (χ1n) is 8.48. The lowest BCUT2D eigenvalue weighted by molar-refractivity contribution is 0.187. The van der Waals surface area contributed by atoms with Crippen LogP contribution in [-0.2, 0) is 16.4 Å². The minimum absolute atomic E-state index is 0.391. The molecular weight excluding hydrogens is 320 g/mol. The Balaban J connectivity index is 1.47. The Morgan fingerprint density at radius 2 is 1.38 bits per heavy atom. The zero-order valence-electron chi connectivity index (χ0n) is 13.8. The van der Waals surface area contributed by atoms with Crippen molar-refractivity contribution in [2.45, 2.75) is 17.7 Å². The topological polar surface area (TPSA) is 40.6 Å². The van der Waals surface area contributed by atoms with Gasteiger partial charge in [0.25, 0.3) is 0 Å². The molecule has 24 heavy (non-hydrogen) atoms. The summed E-state index contributed by atoms with van der Waals surface area (Å²) in [7, 11) is -3.34. The zero-order chi connectivity index (χ0) is 16.8. The van der Waals surface area contributed by atoms with Crippen molar-refractivity contribution >= 4 is 10.0 Å². The van der Waals surface area contributed by atoms with E-state index in [2.05, 4.69) is 29.2 Å². The number of benzene rings is 2. The fraction of sp³-hybridized carbons (Fsp3) is 0.368. The fourth-order valence-corrected chi connectivity index (χ4v) is 4.53. The van der Waals surface area contributed by atoms with Gasteiger partial charge in [-0.3, -0.25) is 0 Å². The average molecular weight is 344 g/mol. The number of sulfonamides is 1. The number of nitrogens with zero attached hydrogens (tertiary/aromatic N) is 2. The molecule has 0 atom stereocenters. The summed E-state index contributed by atoms with van der Waals surface area (Å²) in [6.45, 7) is 3.78. The summed E-state index contributed by atoms with van der Waals surface area (Å²) < 4.78 is 26.8. The van der Waals surface area contributed by atoms with Gasteiger partial charge in [0, 0.05) is 26.2 Å². The van der Waals surface area contributed by atoms with E-state index in [0.29, 0.717) is 18.0 Å². The maximum Gasteiger partial charge on any atom is 0.243 e. The Morgan fingerprint density at radius 1 is 0.792 bits per heavy atom. The largest absolute Gasteiger partial charge is 0.301 e. The molecule has 0 saturated carbocycles. The highest BCUT2D eigenvalue weighted by atomic mass is 32.2. The molecule has 1 aliphatic rings. The Labute approximate surface area is 144 Å². The molecule has 128 valence electrons. The number of rotatable bonds is 6. The van der Waals surface area contributed by atoms with E-state index in [1.165, 1.54) is 5.56 Å². The van der Waals surface area contributed by atoms with Crippen LogP contribution in [-0.4, -0.2) is 50.3 Å². The van der Waals surface area contributed by atoms with E-state index >= 15 is 0 Å². The van der Waals surface area contributed by atoms with Crippen molar-refractivity contribution in [3.8, 4) is 0 Å². The average Bonchev–Trinajstić information content (AvgIpc) is 2.64. The van der Waals surface area contributed by atoms with E-state index in [1.54, 1.807) is 28.6 Å². The van der Waals surface area contributed by atoms with Gasteiger partial charge in [-0.25, -0.2) is 8.42 Å². The van der Waals surface area contributed by atoms with Gasteiger partial charge in [0.15, 0.2) is 0 Å². The van der Waals surface area contributed by atoms with E-state index in [0.717, 1.165) is 32.5 Å². The molecule has 0 aromatic heterocycles. The van der Waals surface area contributed by atoms with Crippen molar-refractivity contribution in [2.75, 3.05) is 32.7 Å². The van der Waals surface area contributed by atoms with Crippen molar-refractivity contribution in [1.82, 2.24) is 9.21 Å².